The van der Waals surface area contributed by atoms with Crippen LogP contribution in [0.25, 0.3) is 11.1 Å². The SMILES string of the molecule is CN(C)C(=O)[C@H](O)[C@@H](O)C(=O)N1CCC(c2ccc(-c3ccccc3)cc2)C1. The van der Waals surface area contributed by atoms with Crippen molar-refractivity contribution in [2.24, 2.45) is 0 Å². The molecule has 6 nitrogen and oxygen atoms in total. The normalized spacial score (nSPS) is 18.6. The molecule has 0 aliphatic carbocycles. The van der Waals surface area contributed by atoms with Crippen LogP contribution in [0.2, 0.25) is 0 Å². The average Bonchev–Trinajstić information content (AvgIpc) is 3.22. The zero-order chi connectivity index (χ0) is 20.3. The van der Waals surface area contributed by atoms with E-state index >= 15 is 0 Å². The zero-order valence-electron chi connectivity index (χ0n) is 16.2. The number of aliphatic hydroxyl groups is 2. The van der Waals surface area contributed by atoms with Crippen LogP contribution in [0.4, 0.5) is 0 Å². The molecule has 148 valence electrons. The van der Waals surface area contributed by atoms with E-state index in [1.54, 1.807) is 0 Å². The Morgan fingerprint density at radius 3 is 2.18 bits per heavy atom. The fraction of sp³-hybridized carbons (Fsp3) is 0.364. The third-order valence-corrected chi connectivity index (χ3v) is 5.24. The lowest BCUT2D eigenvalue weighted by atomic mass is 9.95. The Bertz CT molecular complexity index is 820. The quantitative estimate of drug-likeness (QED) is 0.821. The maximum Gasteiger partial charge on any atom is 0.254 e. The Balaban J connectivity index is 1.63. The fourth-order valence-electron chi connectivity index (χ4n) is 3.53. The molecule has 28 heavy (non-hydrogen) atoms. The van der Waals surface area contributed by atoms with E-state index in [1.807, 2.05) is 18.2 Å². The van der Waals surface area contributed by atoms with Gasteiger partial charge in [0.25, 0.3) is 11.8 Å². The van der Waals surface area contributed by atoms with E-state index in [4.69, 9.17) is 0 Å². The van der Waals surface area contributed by atoms with Gasteiger partial charge in [-0.2, -0.15) is 0 Å². The van der Waals surface area contributed by atoms with Crippen molar-refractivity contribution in [2.45, 2.75) is 24.5 Å². The summed E-state index contributed by atoms with van der Waals surface area (Å²) in [6, 6.07) is 18.4. The van der Waals surface area contributed by atoms with E-state index in [9.17, 15) is 19.8 Å². The van der Waals surface area contributed by atoms with Crippen molar-refractivity contribution in [2.75, 3.05) is 27.2 Å². The smallest absolute Gasteiger partial charge is 0.254 e. The molecule has 0 spiro atoms. The molecule has 2 aromatic carbocycles. The maximum atomic E-state index is 12.5. The Kier molecular flexibility index (Phi) is 6.11. The van der Waals surface area contributed by atoms with Crippen molar-refractivity contribution in [3.05, 3.63) is 60.2 Å². The van der Waals surface area contributed by atoms with Gasteiger partial charge in [0, 0.05) is 33.1 Å². The molecule has 6 heteroatoms. The largest absolute Gasteiger partial charge is 0.380 e. The molecule has 1 saturated heterocycles. The van der Waals surface area contributed by atoms with E-state index in [1.165, 1.54) is 19.0 Å². The van der Waals surface area contributed by atoms with E-state index in [0.29, 0.717) is 13.1 Å². The van der Waals surface area contributed by atoms with Crippen LogP contribution < -0.4 is 0 Å². The second-order valence-electron chi connectivity index (χ2n) is 7.38. The molecule has 0 bridgehead atoms. The summed E-state index contributed by atoms with van der Waals surface area (Å²) in [5.74, 6) is -1.12. The van der Waals surface area contributed by atoms with Crippen LogP contribution in [-0.2, 0) is 9.59 Å². The Morgan fingerprint density at radius 1 is 0.964 bits per heavy atom. The van der Waals surface area contributed by atoms with Crippen molar-refractivity contribution in [3.8, 4) is 11.1 Å². The highest BCUT2D eigenvalue weighted by atomic mass is 16.3. The van der Waals surface area contributed by atoms with Gasteiger partial charge < -0.3 is 20.0 Å². The first-order valence-electron chi connectivity index (χ1n) is 9.40. The highest BCUT2D eigenvalue weighted by Gasteiger charge is 2.37. The first-order valence-corrected chi connectivity index (χ1v) is 9.40. The Morgan fingerprint density at radius 2 is 1.57 bits per heavy atom. The van der Waals surface area contributed by atoms with Crippen molar-refractivity contribution < 1.29 is 19.8 Å². The molecular formula is C22H26N2O4. The molecule has 1 aliphatic heterocycles. The number of likely N-dealkylation sites (tertiary alicyclic amines) is 1. The summed E-state index contributed by atoms with van der Waals surface area (Å²) in [5.41, 5.74) is 3.42. The topological polar surface area (TPSA) is 81.1 Å². The lowest BCUT2D eigenvalue weighted by Gasteiger charge is -2.24. The molecule has 2 N–H and O–H groups in total. The predicted octanol–water partition coefficient (Wildman–Crippen LogP) is 1.48. The van der Waals surface area contributed by atoms with Gasteiger partial charge >= 0.3 is 0 Å². The standard InChI is InChI=1S/C22H26N2O4/c1-23(2)21(27)19(25)20(26)22(28)24-13-12-18(14-24)17-10-8-16(9-11-17)15-6-4-3-5-7-15/h3-11,18-20,25-26H,12-14H2,1-2H3/t18?,19-,20-/m1/s1. The van der Waals surface area contributed by atoms with Crippen molar-refractivity contribution in [1.82, 2.24) is 9.80 Å². The fourth-order valence-corrected chi connectivity index (χ4v) is 3.53. The lowest BCUT2D eigenvalue weighted by molar-refractivity contribution is -0.156. The summed E-state index contributed by atoms with van der Waals surface area (Å²) >= 11 is 0. The van der Waals surface area contributed by atoms with E-state index in [-0.39, 0.29) is 5.92 Å². The summed E-state index contributed by atoms with van der Waals surface area (Å²) in [4.78, 5) is 26.9. The molecule has 1 unspecified atom stereocenters. The number of likely N-dealkylation sites (N-methyl/N-ethyl adjacent to an activating group) is 1. The monoisotopic (exact) mass is 382 g/mol. The van der Waals surface area contributed by atoms with E-state index < -0.39 is 24.0 Å². The molecule has 1 aliphatic rings. The molecular weight excluding hydrogens is 356 g/mol. The lowest BCUT2D eigenvalue weighted by Crippen LogP contribution is -2.49. The third-order valence-electron chi connectivity index (χ3n) is 5.24. The van der Waals surface area contributed by atoms with Crippen molar-refractivity contribution >= 4 is 11.8 Å². The maximum absolute atomic E-state index is 12.5. The van der Waals surface area contributed by atoms with Gasteiger partial charge in [-0.15, -0.1) is 0 Å². The molecule has 2 aromatic rings. The van der Waals surface area contributed by atoms with Crippen molar-refractivity contribution in [3.63, 3.8) is 0 Å². The number of rotatable bonds is 5. The second-order valence-corrected chi connectivity index (χ2v) is 7.38. The summed E-state index contributed by atoms with van der Waals surface area (Å²) in [5, 5.41) is 20.0. The number of amides is 2. The summed E-state index contributed by atoms with van der Waals surface area (Å²) < 4.78 is 0. The molecule has 1 heterocycles. The zero-order valence-corrected chi connectivity index (χ0v) is 16.2. The van der Waals surface area contributed by atoms with Gasteiger partial charge in [-0.05, 0) is 23.1 Å². The number of carbonyl (C=O) groups excluding carboxylic acids is 2. The average molecular weight is 382 g/mol. The van der Waals surface area contributed by atoms with Crippen LogP contribution in [0.3, 0.4) is 0 Å². The number of carbonyl (C=O) groups is 2. The van der Waals surface area contributed by atoms with Crippen molar-refractivity contribution in [1.29, 1.82) is 0 Å². The molecule has 1 fully saturated rings. The molecule has 0 radical (unpaired) electrons. The second kappa shape index (κ2) is 8.54. The van der Waals surface area contributed by atoms with E-state index in [2.05, 4.69) is 36.4 Å². The highest BCUT2D eigenvalue weighted by Crippen LogP contribution is 2.29. The number of aliphatic hydroxyl groups excluding tert-OH is 2. The Labute approximate surface area is 165 Å². The molecule has 0 saturated carbocycles. The summed E-state index contributed by atoms with van der Waals surface area (Å²) in [7, 11) is 2.93. The predicted molar refractivity (Wildman–Crippen MR) is 107 cm³/mol. The van der Waals surface area contributed by atoms with Crippen LogP contribution in [0.15, 0.2) is 54.6 Å². The summed E-state index contributed by atoms with van der Waals surface area (Å²) in [6.07, 6.45) is -2.71. The number of hydrogen-bond acceptors (Lipinski definition) is 4. The first-order chi connectivity index (χ1) is 13.4. The number of hydrogen-bond donors (Lipinski definition) is 2. The van der Waals surface area contributed by atoms with Gasteiger partial charge in [0.2, 0.25) is 0 Å². The molecule has 2 amide bonds. The van der Waals surface area contributed by atoms with Crippen LogP contribution >= 0.6 is 0 Å². The van der Waals surface area contributed by atoms with Crippen LogP contribution in [0, 0.1) is 0 Å². The van der Waals surface area contributed by atoms with Gasteiger partial charge in [-0.1, -0.05) is 54.6 Å². The van der Waals surface area contributed by atoms with Gasteiger partial charge in [0.15, 0.2) is 12.2 Å². The van der Waals surface area contributed by atoms with Gasteiger partial charge in [-0.25, -0.2) is 0 Å². The van der Waals surface area contributed by atoms with Gasteiger partial charge in [0.05, 0.1) is 0 Å². The Hall–Kier alpha value is -2.70. The van der Waals surface area contributed by atoms with Crippen LogP contribution in [-0.4, -0.2) is 71.2 Å². The van der Waals surface area contributed by atoms with Crippen LogP contribution in [0.1, 0.15) is 17.9 Å². The number of benzene rings is 2. The third kappa shape index (κ3) is 4.24. The minimum atomic E-state index is -1.74. The minimum Gasteiger partial charge on any atom is -0.380 e. The van der Waals surface area contributed by atoms with Crippen LogP contribution in [0.5, 0.6) is 0 Å². The minimum absolute atomic E-state index is 0.169. The van der Waals surface area contributed by atoms with E-state index in [0.717, 1.165) is 28.0 Å². The highest BCUT2D eigenvalue weighted by molar-refractivity contribution is 5.90. The summed E-state index contributed by atoms with van der Waals surface area (Å²) in [6.45, 7) is 0.952. The van der Waals surface area contributed by atoms with Gasteiger partial charge in [0.1, 0.15) is 0 Å². The number of nitrogens with zero attached hydrogens (tertiary/aromatic N) is 2. The molecule has 3 rings (SSSR count). The first kappa shape index (κ1) is 20.0. The molecule has 0 aromatic heterocycles. The van der Waals surface area contributed by atoms with Gasteiger partial charge in [-0.3, -0.25) is 9.59 Å². The molecule has 3 atom stereocenters.